The fourth-order valence-corrected chi connectivity index (χ4v) is 2.74. The van der Waals surface area contributed by atoms with Crippen LogP contribution in [0.3, 0.4) is 0 Å². The predicted octanol–water partition coefficient (Wildman–Crippen LogP) is 2.54. The van der Waals surface area contributed by atoms with Gasteiger partial charge in [-0.3, -0.25) is 9.59 Å². The SMILES string of the molecule is CC(Oc1ccccc1Br)C(=O)N1CCC(C)(C(=O)O)C1. The van der Waals surface area contributed by atoms with Crippen LogP contribution in [0.2, 0.25) is 0 Å². The quantitative estimate of drug-likeness (QED) is 0.900. The van der Waals surface area contributed by atoms with Crippen LogP contribution in [0.15, 0.2) is 28.7 Å². The molecule has 1 aromatic rings. The Balaban J connectivity index is 2.01. The van der Waals surface area contributed by atoms with Crippen molar-refractivity contribution in [3.8, 4) is 5.75 Å². The van der Waals surface area contributed by atoms with Gasteiger partial charge in [-0.1, -0.05) is 12.1 Å². The maximum atomic E-state index is 12.4. The van der Waals surface area contributed by atoms with Gasteiger partial charge in [0, 0.05) is 13.1 Å². The Morgan fingerprint density at radius 2 is 2.10 bits per heavy atom. The number of rotatable bonds is 4. The molecule has 0 aliphatic carbocycles. The van der Waals surface area contributed by atoms with E-state index in [1.165, 1.54) is 0 Å². The third-order valence-corrected chi connectivity index (χ3v) is 4.44. The molecular formula is C15H18BrNO4. The molecule has 114 valence electrons. The van der Waals surface area contributed by atoms with Crippen molar-refractivity contribution < 1.29 is 19.4 Å². The van der Waals surface area contributed by atoms with E-state index in [2.05, 4.69) is 15.9 Å². The summed E-state index contributed by atoms with van der Waals surface area (Å²) < 4.78 is 6.44. The molecule has 6 heteroatoms. The van der Waals surface area contributed by atoms with Gasteiger partial charge in [0.2, 0.25) is 0 Å². The van der Waals surface area contributed by atoms with E-state index in [-0.39, 0.29) is 12.5 Å². The van der Waals surface area contributed by atoms with Crippen molar-refractivity contribution in [2.24, 2.45) is 5.41 Å². The highest BCUT2D eigenvalue weighted by Crippen LogP contribution is 2.31. The minimum atomic E-state index is -0.864. The van der Waals surface area contributed by atoms with E-state index >= 15 is 0 Å². The van der Waals surface area contributed by atoms with Crippen molar-refractivity contribution in [3.05, 3.63) is 28.7 Å². The van der Waals surface area contributed by atoms with Gasteiger partial charge in [0.25, 0.3) is 5.91 Å². The number of hydrogen-bond acceptors (Lipinski definition) is 3. The molecule has 1 aliphatic rings. The lowest BCUT2D eigenvalue weighted by Gasteiger charge is -2.23. The molecule has 0 radical (unpaired) electrons. The van der Waals surface area contributed by atoms with Crippen LogP contribution in [-0.2, 0) is 9.59 Å². The van der Waals surface area contributed by atoms with Gasteiger partial charge in [-0.05, 0) is 48.3 Å². The first-order chi connectivity index (χ1) is 9.83. The van der Waals surface area contributed by atoms with Crippen LogP contribution in [0.5, 0.6) is 5.75 Å². The summed E-state index contributed by atoms with van der Waals surface area (Å²) in [5.41, 5.74) is -0.858. The second-order valence-corrected chi connectivity index (χ2v) is 6.42. The largest absolute Gasteiger partial charge is 0.481 e. The molecule has 5 nitrogen and oxygen atoms in total. The molecule has 1 aliphatic heterocycles. The average molecular weight is 356 g/mol. The molecule has 1 amide bonds. The molecule has 1 heterocycles. The highest BCUT2D eigenvalue weighted by atomic mass is 79.9. The van der Waals surface area contributed by atoms with Crippen LogP contribution >= 0.6 is 15.9 Å². The third kappa shape index (κ3) is 3.37. The smallest absolute Gasteiger partial charge is 0.311 e. The van der Waals surface area contributed by atoms with Gasteiger partial charge in [-0.15, -0.1) is 0 Å². The van der Waals surface area contributed by atoms with E-state index in [0.29, 0.717) is 18.7 Å². The standard InChI is InChI=1S/C15H18BrNO4/c1-10(21-12-6-4-3-5-11(12)16)13(18)17-8-7-15(2,9-17)14(19)20/h3-6,10H,7-9H2,1-2H3,(H,19,20). The molecule has 2 rings (SSSR count). The number of hydrogen-bond donors (Lipinski definition) is 1. The maximum Gasteiger partial charge on any atom is 0.311 e. The molecule has 1 N–H and O–H groups in total. The van der Waals surface area contributed by atoms with Crippen LogP contribution in [0, 0.1) is 5.41 Å². The fraction of sp³-hybridized carbons (Fsp3) is 0.467. The summed E-state index contributed by atoms with van der Waals surface area (Å²) in [4.78, 5) is 25.2. The average Bonchev–Trinajstić information content (AvgIpc) is 2.84. The lowest BCUT2D eigenvalue weighted by Crippen LogP contribution is -2.41. The number of carbonyl (C=O) groups is 2. The molecule has 21 heavy (non-hydrogen) atoms. The summed E-state index contributed by atoms with van der Waals surface area (Å²) in [6.45, 7) is 4.02. The number of nitrogens with zero attached hydrogens (tertiary/aromatic N) is 1. The monoisotopic (exact) mass is 355 g/mol. The van der Waals surface area contributed by atoms with Crippen molar-refractivity contribution in [2.45, 2.75) is 26.4 Å². The summed E-state index contributed by atoms with van der Waals surface area (Å²) in [6.07, 6.45) is -0.185. The Morgan fingerprint density at radius 3 is 2.67 bits per heavy atom. The van der Waals surface area contributed by atoms with Gasteiger partial charge < -0.3 is 14.7 Å². The molecule has 0 aromatic heterocycles. The second kappa shape index (κ2) is 6.05. The van der Waals surface area contributed by atoms with Crippen molar-refractivity contribution in [3.63, 3.8) is 0 Å². The zero-order chi connectivity index (χ0) is 15.6. The zero-order valence-electron chi connectivity index (χ0n) is 12.0. The Hall–Kier alpha value is -1.56. The molecule has 2 unspecified atom stereocenters. The molecule has 0 saturated carbocycles. The van der Waals surface area contributed by atoms with E-state index in [9.17, 15) is 14.7 Å². The molecular weight excluding hydrogens is 338 g/mol. The van der Waals surface area contributed by atoms with Crippen molar-refractivity contribution >= 4 is 27.8 Å². The number of ether oxygens (including phenoxy) is 1. The number of para-hydroxylation sites is 1. The molecule has 1 fully saturated rings. The molecule has 1 aromatic carbocycles. The summed E-state index contributed by atoms with van der Waals surface area (Å²) >= 11 is 3.37. The normalized spacial score (nSPS) is 22.9. The number of amides is 1. The van der Waals surface area contributed by atoms with Crippen molar-refractivity contribution in [1.82, 2.24) is 4.90 Å². The summed E-state index contributed by atoms with van der Waals surface area (Å²) in [5, 5.41) is 9.21. The first-order valence-corrected chi connectivity index (χ1v) is 7.56. The van der Waals surface area contributed by atoms with E-state index in [1.807, 2.05) is 18.2 Å². The van der Waals surface area contributed by atoms with Crippen LogP contribution in [0.1, 0.15) is 20.3 Å². The van der Waals surface area contributed by atoms with Gasteiger partial charge in [-0.2, -0.15) is 0 Å². The second-order valence-electron chi connectivity index (χ2n) is 5.57. The summed E-state index contributed by atoms with van der Waals surface area (Å²) in [6, 6.07) is 7.31. The minimum Gasteiger partial charge on any atom is -0.481 e. The minimum absolute atomic E-state index is 0.185. The van der Waals surface area contributed by atoms with E-state index in [4.69, 9.17) is 4.74 Å². The highest BCUT2D eigenvalue weighted by Gasteiger charge is 2.43. The van der Waals surface area contributed by atoms with Crippen LogP contribution < -0.4 is 4.74 Å². The molecule has 0 spiro atoms. The molecule has 0 bridgehead atoms. The van der Waals surface area contributed by atoms with Crippen LogP contribution in [0.25, 0.3) is 0 Å². The summed E-state index contributed by atoms with van der Waals surface area (Å²) in [7, 11) is 0. The van der Waals surface area contributed by atoms with Gasteiger partial charge in [0.1, 0.15) is 5.75 Å². The molecule has 2 atom stereocenters. The summed E-state index contributed by atoms with van der Waals surface area (Å²) in [5.74, 6) is -0.452. The lowest BCUT2D eigenvalue weighted by atomic mass is 9.90. The first kappa shape index (κ1) is 15.8. The van der Waals surface area contributed by atoms with E-state index in [1.54, 1.807) is 24.8 Å². The van der Waals surface area contributed by atoms with Crippen LogP contribution in [0.4, 0.5) is 0 Å². The number of halogens is 1. The van der Waals surface area contributed by atoms with Gasteiger partial charge in [0.05, 0.1) is 9.89 Å². The predicted molar refractivity (Wildman–Crippen MR) is 81.2 cm³/mol. The van der Waals surface area contributed by atoms with Crippen molar-refractivity contribution in [1.29, 1.82) is 0 Å². The first-order valence-electron chi connectivity index (χ1n) is 6.77. The fourth-order valence-electron chi connectivity index (χ4n) is 2.36. The third-order valence-electron chi connectivity index (χ3n) is 3.79. The van der Waals surface area contributed by atoms with Crippen LogP contribution in [-0.4, -0.2) is 41.1 Å². The Morgan fingerprint density at radius 1 is 1.43 bits per heavy atom. The zero-order valence-corrected chi connectivity index (χ0v) is 13.6. The number of carboxylic acid groups (broad SMARTS) is 1. The van der Waals surface area contributed by atoms with Crippen molar-refractivity contribution in [2.75, 3.05) is 13.1 Å². The number of carboxylic acids is 1. The lowest BCUT2D eigenvalue weighted by molar-refractivity contribution is -0.147. The Bertz CT molecular complexity index is 562. The number of carbonyl (C=O) groups excluding carboxylic acids is 1. The maximum absolute atomic E-state index is 12.4. The number of likely N-dealkylation sites (tertiary alicyclic amines) is 1. The molecule has 1 saturated heterocycles. The Labute approximate surface area is 132 Å². The van der Waals surface area contributed by atoms with Gasteiger partial charge >= 0.3 is 5.97 Å². The number of aliphatic carboxylic acids is 1. The highest BCUT2D eigenvalue weighted by molar-refractivity contribution is 9.10. The van der Waals surface area contributed by atoms with E-state index in [0.717, 1.165) is 4.47 Å². The van der Waals surface area contributed by atoms with Gasteiger partial charge in [0.15, 0.2) is 6.10 Å². The van der Waals surface area contributed by atoms with Gasteiger partial charge in [-0.25, -0.2) is 0 Å². The number of benzene rings is 1. The Kier molecular flexibility index (Phi) is 4.56. The van der Waals surface area contributed by atoms with E-state index < -0.39 is 17.5 Å². The topological polar surface area (TPSA) is 66.8 Å².